The Bertz CT molecular complexity index is 954. The van der Waals surface area contributed by atoms with Gasteiger partial charge in [0.1, 0.15) is 11.6 Å². The molecule has 1 aromatic heterocycles. The first-order valence-electron chi connectivity index (χ1n) is 8.05. The van der Waals surface area contributed by atoms with Gasteiger partial charge in [0, 0.05) is 29.3 Å². The number of primary amides is 1. The van der Waals surface area contributed by atoms with Crippen LogP contribution in [0.4, 0.5) is 4.39 Å². The molecule has 2 aromatic rings. The van der Waals surface area contributed by atoms with Crippen LogP contribution in [0, 0.1) is 17.7 Å². The molecular weight excluding hydrogens is 359 g/mol. The lowest BCUT2D eigenvalue weighted by Crippen LogP contribution is -2.26. The second-order valence-electron chi connectivity index (χ2n) is 6.17. The molecule has 4 rings (SSSR count). The third-order valence-corrected chi connectivity index (χ3v) is 5.38. The van der Waals surface area contributed by atoms with E-state index in [0.717, 1.165) is 4.88 Å². The zero-order valence-corrected chi connectivity index (χ0v) is 14.5. The second-order valence-corrected chi connectivity index (χ2v) is 7.25. The van der Waals surface area contributed by atoms with Gasteiger partial charge in [-0.2, -0.15) is 0 Å². The van der Waals surface area contributed by atoms with Gasteiger partial charge in [0.2, 0.25) is 0 Å². The number of fused-ring (bicyclic) bond motifs is 3. The summed E-state index contributed by atoms with van der Waals surface area (Å²) in [6.45, 7) is 0.875. The highest BCUT2D eigenvalue weighted by atomic mass is 32.1. The van der Waals surface area contributed by atoms with Crippen LogP contribution in [-0.4, -0.2) is 41.4 Å². The largest absolute Gasteiger partial charge is 0.492 e. The summed E-state index contributed by atoms with van der Waals surface area (Å²) in [6.07, 6.45) is 0.933. The van der Waals surface area contributed by atoms with Crippen LogP contribution in [0.3, 0.4) is 0 Å². The Balaban J connectivity index is 1.80. The van der Waals surface area contributed by atoms with Gasteiger partial charge in [-0.05, 0) is 6.07 Å². The van der Waals surface area contributed by atoms with Crippen molar-refractivity contribution in [1.29, 1.82) is 0 Å². The number of carbonyl (C=O) groups is 1. The highest BCUT2D eigenvalue weighted by molar-refractivity contribution is 7.14. The van der Waals surface area contributed by atoms with E-state index in [1.54, 1.807) is 0 Å². The SMILES string of the molecule is NC(=O)c1nc2c(s1)CCOc1cc(F)c(C#CC3(O)CCOC3)cc1-2. The zero-order chi connectivity index (χ0) is 18.3. The van der Waals surface area contributed by atoms with E-state index >= 15 is 0 Å². The van der Waals surface area contributed by atoms with Crippen LogP contribution in [0.15, 0.2) is 12.1 Å². The molecule has 3 N–H and O–H groups in total. The Kier molecular flexibility index (Phi) is 4.15. The van der Waals surface area contributed by atoms with Crippen molar-refractivity contribution >= 4 is 17.2 Å². The summed E-state index contributed by atoms with van der Waals surface area (Å²) in [4.78, 5) is 16.6. The molecule has 1 unspecified atom stereocenters. The van der Waals surface area contributed by atoms with E-state index in [9.17, 15) is 14.3 Å². The molecule has 0 saturated carbocycles. The maximum atomic E-state index is 14.4. The third-order valence-electron chi connectivity index (χ3n) is 4.25. The predicted octanol–water partition coefficient (Wildman–Crippen LogP) is 1.49. The molecule has 26 heavy (non-hydrogen) atoms. The van der Waals surface area contributed by atoms with Gasteiger partial charge in [-0.25, -0.2) is 9.37 Å². The summed E-state index contributed by atoms with van der Waals surface area (Å²) in [5.41, 5.74) is 5.30. The molecule has 1 amide bonds. The van der Waals surface area contributed by atoms with Gasteiger partial charge in [-0.3, -0.25) is 4.79 Å². The van der Waals surface area contributed by atoms with Gasteiger partial charge in [0.25, 0.3) is 5.91 Å². The van der Waals surface area contributed by atoms with E-state index in [0.29, 0.717) is 43.1 Å². The summed E-state index contributed by atoms with van der Waals surface area (Å²) in [5, 5.41) is 10.4. The highest BCUT2D eigenvalue weighted by Gasteiger charge is 2.30. The van der Waals surface area contributed by atoms with Gasteiger partial charge in [-0.15, -0.1) is 11.3 Å². The lowest BCUT2D eigenvalue weighted by molar-refractivity contribution is 0.0765. The molecule has 134 valence electrons. The minimum absolute atomic E-state index is 0.105. The van der Waals surface area contributed by atoms with Crippen LogP contribution < -0.4 is 10.5 Å². The van der Waals surface area contributed by atoms with Crippen LogP contribution in [0.1, 0.15) is 26.7 Å². The number of aliphatic hydroxyl groups is 1. The van der Waals surface area contributed by atoms with E-state index in [4.69, 9.17) is 15.2 Å². The van der Waals surface area contributed by atoms with Crippen LogP contribution in [0.2, 0.25) is 0 Å². The smallest absolute Gasteiger partial charge is 0.277 e. The Hall–Kier alpha value is -2.47. The number of ether oxygens (including phenoxy) is 2. The van der Waals surface area contributed by atoms with Crippen molar-refractivity contribution in [2.75, 3.05) is 19.8 Å². The summed E-state index contributed by atoms with van der Waals surface area (Å²) < 4.78 is 25.2. The average Bonchev–Trinajstić information content (AvgIpc) is 3.18. The predicted molar refractivity (Wildman–Crippen MR) is 92.5 cm³/mol. The molecule has 1 fully saturated rings. The lowest BCUT2D eigenvalue weighted by atomic mass is 10.0. The highest BCUT2D eigenvalue weighted by Crippen LogP contribution is 2.38. The minimum atomic E-state index is -1.26. The fraction of sp³-hybridized carbons (Fsp3) is 0.333. The van der Waals surface area contributed by atoms with E-state index in [1.807, 2.05) is 0 Å². The van der Waals surface area contributed by atoms with E-state index in [-0.39, 0.29) is 17.2 Å². The molecule has 1 aromatic carbocycles. The molecule has 1 saturated heterocycles. The Morgan fingerprint density at radius 3 is 3.00 bits per heavy atom. The average molecular weight is 374 g/mol. The molecule has 2 aliphatic rings. The van der Waals surface area contributed by atoms with E-state index in [2.05, 4.69) is 16.8 Å². The Morgan fingerprint density at radius 1 is 1.42 bits per heavy atom. The molecule has 0 bridgehead atoms. The van der Waals surface area contributed by atoms with Crippen LogP contribution in [0.25, 0.3) is 11.3 Å². The summed E-state index contributed by atoms with van der Waals surface area (Å²) in [6, 6.07) is 2.79. The Labute approximate surface area is 152 Å². The minimum Gasteiger partial charge on any atom is -0.492 e. The standard InChI is InChI=1S/C18H15FN2O4S/c19-12-8-13-11(7-10(12)1-3-18(23)4-6-24-9-18)15-14(2-5-25-13)26-17(21-15)16(20)22/h7-8,23H,2,4-6,9H2,(H2,20,22). The van der Waals surface area contributed by atoms with Gasteiger partial charge < -0.3 is 20.3 Å². The number of rotatable bonds is 1. The van der Waals surface area contributed by atoms with Crippen molar-refractivity contribution in [1.82, 2.24) is 4.98 Å². The monoisotopic (exact) mass is 374 g/mol. The van der Waals surface area contributed by atoms with Crippen molar-refractivity contribution in [3.63, 3.8) is 0 Å². The number of halogens is 1. The summed E-state index contributed by atoms with van der Waals surface area (Å²) in [5.74, 6) is 4.59. The van der Waals surface area contributed by atoms with Crippen molar-refractivity contribution in [3.05, 3.63) is 33.4 Å². The number of nitrogens with zero attached hydrogens (tertiary/aromatic N) is 1. The van der Waals surface area contributed by atoms with Crippen LogP contribution in [-0.2, 0) is 11.2 Å². The summed E-state index contributed by atoms with van der Waals surface area (Å²) in [7, 11) is 0. The Morgan fingerprint density at radius 2 is 2.27 bits per heavy atom. The maximum Gasteiger partial charge on any atom is 0.277 e. The third kappa shape index (κ3) is 3.05. The lowest BCUT2D eigenvalue weighted by Gasteiger charge is -2.11. The fourth-order valence-electron chi connectivity index (χ4n) is 2.88. The van der Waals surface area contributed by atoms with Crippen molar-refractivity contribution in [3.8, 4) is 28.8 Å². The van der Waals surface area contributed by atoms with Gasteiger partial charge in [0.15, 0.2) is 10.6 Å². The number of amides is 1. The molecule has 8 heteroatoms. The number of thiazole rings is 1. The first-order valence-corrected chi connectivity index (χ1v) is 8.86. The topological polar surface area (TPSA) is 94.7 Å². The van der Waals surface area contributed by atoms with Gasteiger partial charge in [0.05, 0.1) is 31.1 Å². The molecule has 6 nitrogen and oxygen atoms in total. The molecule has 0 spiro atoms. The number of nitrogens with two attached hydrogens (primary N) is 1. The first-order chi connectivity index (χ1) is 12.5. The van der Waals surface area contributed by atoms with Crippen molar-refractivity contribution < 1.29 is 23.8 Å². The molecule has 3 heterocycles. The van der Waals surface area contributed by atoms with E-state index in [1.165, 1.54) is 23.5 Å². The summed E-state index contributed by atoms with van der Waals surface area (Å²) >= 11 is 1.21. The maximum absolute atomic E-state index is 14.4. The van der Waals surface area contributed by atoms with Crippen molar-refractivity contribution in [2.24, 2.45) is 5.73 Å². The number of hydrogen-bond donors (Lipinski definition) is 2. The van der Waals surface area contributed by atoms with Crippen LogP contribution in [0.5, 0.6) is 5.75 Å². The number of aromatic nitrogens is 1. The normalized spacial score (nSPS) is 21.0. The zero-order valence-electron chi connectivity index (χ0n) is 13.7. The first kappa shape index (κ1) is 17.0. The van der Waals surface area contributed by atoms with Gasteiger partial charge >= 0.3 is 0 Å². The molecular formula is C18H15FN2O4S. The van der Waals surface area contributed by atoms with Crippen molar-refractivity contribution in [2.45, 2.75) is 18.4 Å². The number of benzene rings is 1. The second kappa shape index (κ2) is 6.36. The number of carbonyl (C=O) groups excluding carboxylic acids is 1. The van der Waals surface area contributed by atoms with E-state index < -0.39 is 17.3 Å². The quantitative estimate of drug-likeness (QED) is 0.738. The van der Waals surface area contributed by atoms with Crippen LogP contribution >= 0.6 is 11.3 Å². The molecule has 0 aliphatic carbocycles. The molecule has 0 radical (unpaired) electrons. The molecule has 2 aliphatic heterocycles. The molecule has 1 atom stereocenters. The fourth-order valence-corrected chi connectivity index (χ4v) is 3.79. The van der Waals surface area contributed by atoms with Gasteiger partial charge in [-0.1, -0.05) is 11.8 Å². The number of hydrogen-bond acceptors (Lipinski definition) is 6.